The van der Waals surface area contributed by atoms with Crippen LogP contribution >= 0.6 is 0 Å². The van der Waals surface area contributed by atoms with Gasteiger partial charge < -0.3 is 10.1 Å². The van der Waals surface area contributed by atoms with Crippen molar-refractivity contribution in [1.82, 2.24) is 5.32 Å². The Bertz CT molecular complexity index is 635. The van der Waals surface area contributed by atoms with Gasteiger partial charge in [-0.2, -0.15) is 0 Å². The van der Waals surface area contributed by atoms with Crippen LogP contribution in [0.2, 0.25) is 0 Å². The van der Waals surface area contributed by atoms with Gasteiger partial charge in [0.25, 0.3) is 5.91 Å². The van der Waals surface area contributed by atoms with Gasteiger partial charge in [-0.05, 0) is 30.0 Å². The summed E-state index contributed by atoms with van der Waals surface area (Å²) in [6.07, 6.45) is 2.01. The summed E-state index contributed by atoms with van der Waals surface area (Å²) in [7, 11) is -3.12. The zero-order valence-corrected chi connectivity index (χ0v) is 14.5. The predicted molar refractivity (Wildman–Crippen MR) is 87.7 cm³/mol. The molecule has 0 saturated carbocycles. The van der Waals surface area contributed by atoms with Crippen molar-refractivity contribution in [3.05, 3.63) is 35.4 Å². The van der Waals surface area contributed by atoms with Crippen LogP contribution in [0.15, 0.2) is 24.3 Å². The average Bonchev–Trinajstić information content (AvgIpc) is 2.43. The average molecular weight is 341 g/mol. The fraction of sp³-hybridized carbons (Fsp3) is 0.500. The fourth-order valence-electron chi connectivity index (χ4n) is 1.81. The van der Waals surface area contributed by atoms with E-state index in [0.717, 1.165) is 12.7 Å². The third kappa shape index (κ3) is 8.35. The van der Waals surface area contributed by atoms with Crippen molar-refractivity contribution in [3.8, 4) is 0 Å². The van der Waals surface area contributed by atoms with E-state index in [-0.39, 0.29) is 23.8 Å². The number of esters is 1. The van der Waals surface area contributed by atoms with E-state index in [1.54, 1.807) is 12.1 Å². The van der Waals surface area contributed by atoms with Gasteiger partial charge in [0.2, 0.25) is 0 Å². The van der Waals surface area contributed by atoms with Crippen LogP contribution in [0.3, 0.4) is 0 Å². The van der Waals surface area contributed by atoms with Crippen molar-refractivity contribution < 1.29 is 22.7 Å². The fourth-order valence-corrected chi connectivity index (χ4v) is 2.60. The lowest BCUT2D eigenvalue weighted by molar-refractivity contribution is -0.124. The first-order valence-electron chi connectivity index (χ1n) is 7.38. The highest BCUT2D eigenvalue weighted by Gasteiger charge is 2.11. The highest BCUT2D eigenvalue weighted by atomic mass is 32.2. The number of carbonyl (C=O) groups is 2. The quantitative estimate of drug-likeness (QED) is 0.725. The van der Waals surface area contributed by atoms with Gasteiger partial charge in [0, 0.05) is 12.8 Å². The van der Waals surface area contributed by atoms with Crippen LogP contribution in [-0.2, 0) is 25.1 Å². The first kappa shape index (κ1) is 19.2. The summed E-state index contributed by atoms with van der Waals surface area (Å²) in [5.41, 5.74) is 0.868. The number of nitrogens with one attached hydrogen (secondary N) is 1. The molecular weight excluding hydrogens is 318 g/mol. The largest absolute Gasteiger partial charge is 0.452 e. The minimum Gasteiger partial charge on any atom is -0.452 e. The molecule has 23 heavy (non-hydrogen) atoms. The molecule has 0 unspecified atom stereocenters. The van der Waals surface area contributed by atoms with Crippen LogP contribution in [0.4, 0.5) is 0 Å². The summed E-state index contributed by atoms with van der Waals surface area (Å²) in [6.45, 7) is 4.33. The van der Waals surface area contributed by atoms with Crippen LogP contribution in [-0.4, -0.2) is 39.7 Å². The minimum absolute atomic E-state index is 0.0828. The van der Waals surface area contributed by atoms with Gasteiger partial charge >= 0.3 is 5.97 Å². The zero-order valence-electron chi connectivity index (χ0n) is 13.7. The summed E-state index contributed by atoms with van der Waals surface area (Å²) in [6, 6.07) is 6.08. The van der Waals surface area contributed by atoms with E-state index in [0.29, 0.717) is 18.0 Å². The Morgan fingerprint density at radius 1 is 1.17 bits per heavy atom. The maximum Gasteiger partial charge on any atom is 0.338 e. The van der Waals surface area contributed by atoms with Gasteiger partial charge in [-0.25, -0.2) is 13.2 Å². The van der Waals surface area contributed by atoms with E-state index in [2.05, 4.69) is 19.2 Å². The van der Waals surface area contributed by atoms with Crippen molar-refractivity contribution in [3.63, 3.8) is 0 Å². The summed E-state index contributed by atoms with van der Waals surface area (Å²) < 4.78 is 27.3. The second-order valence-electron chi connectivity index (χ2n) is 5.88. The summed E-state index contributed by atoms with van der Waals surface area (Å²) in [5.74, 6) is -0.550. The molecule has 1 aromatic carbocycles. The lowest BCUT2D eigenvalue weighted by Crippen LogP contribution is -2.30. The van der Waals surface area contributed by atoms with Crippen LogP contribution < -0.4 is 5.32 Å². The monoisotopic (exact) mass is 341 g/mol. The number of hydrogen-bond acceptors (Lipinski definition) is 5. The lowest BCUT2D eigenvalue weighted by Gasteiger charge is -2.08. The number of amides is 1. The number of hydrogen-bond donors (Lipinski definition) is 1. The van der Waals surface area contributed by atoms with Gasteiger partial charge in [-0.1, -0.05) is 26.0 Å². The van der Waals surface area contributed by atoms with Gasteiger partial charge in [-0.3, -0.25) is 4.79 Å². The second-order valence-corrected chi connectivity index (χ2v) is 8.02. The molecule has 0 atom stereocenters. The molecule has 0 fully saturated rings. The Kier molecular flexibility index (Phi) is 7.22. The Morgan fingerprint density at radius 3 is 2.30 bits per heavy atom. The minimum atomic E-state index is -3.12. The molecule has 1 aromatic rings. The number of sulfone groups is 1. The maximum absolute atomic E-state index is 11.8. The topological polar surface area (TPSA) is 89.5 Å². The molecular formula is C16H23NO5S. The van der Waals surface area contributed by atoms with Gasteiger partial charge in [0.05, 0.1) is 11.3 Å². The van der Waals surface area contributed by atoms with Crippen molar-refractivity contribution >= 4 is 21.7 Å². The Balaban J connectivity index is 2.44. The van der Waals surface area contributed by atoms with Crippen molar-refractivity contribution in [2.24, 2.45) is 5.92 Å². The number of rotatable bonds is 8. The van der Waals surface area contributed by atoms with Gasteiger partial charge in [-0.15, -0.1) is 0 Å². The molecule has 0 spiro atoms. The van der Waals surface area contributed by atoms with Gasteiger partial charge in [0.1, 0.15) is 0 Å². The molecule has 0 aliphatic heterocycles. The van der Waals surface area contributed by atoms with E-state index in [1.165, 1.54) is 12.1 Å². The Morgan fingerprint density at radius 2 is 1.78 bits per heavy atom. The van der Waals surface area contributed by atoms with Gasteiger partial charge in [0.15, 0.2) is 16.4 Å². The molecule has 1 rings (SSSR count). The van der Waals surface area contributed by atoms with E-state index in [4.69, 9.17) is 4.74 Å². The molecule has 0 radical (unpaired) electrons. The van der Waals surface area contributed by atoms with E-state index in [1.807, 2.05) is 0 Å². The first-order chi connectivity index (χ1) is 10.7. The Hall–Kier alpha value is -1.89. The zero-order chi connectivity index (χ0) is 17.5. The third-order valence-corrected chi connectivity index (χ3v) is 3.85. The smallest absolute Gasteiger partial charge is 0.338 e. The number of ether oxygens (including phenoxy) is 1. The normalized spacial score (nSPS) is 11.3. The maximum atomic E-state index is 11.8. The highest BCUT2D eigenvalue weighted by molar-refractivity contribution is 7.89. The molecule has 128 valence electrons. The summed E-state index contributed by atoms with van der Waals surface area (Å²) in [4.78, 5) is 23.3. The molecule has 0 bridgehead atoms. The van der Waals surface area contributed by atoms with Crippen LogP contribution in [0.25, 0.3) is 0 Å². The second kappa shape index (κ2) is 8.67. The SMILES string of the molecule is CC(C)CCNC(=O)COC(=O)c1ccc(CS(C)(=O)=O)cc1. The van der Waals surface area contributed by atoms with Crippen molar-refractivity contribution in [2.75, 3.05) is 19.4 Å². The third-order valence-electron chi connectivity index (χ3n) is 3.00. The summed E-state index contributed by atoms with van der Waals surface area (Å²) in [5, 5.41) is 2.67. The Labute approximate surface area is 137 Å². The highest BCUT2D eigenvalue weighted by Crippen LogP contribution is 2.09. The molecule has 0 saturated heterocycles. The molecule has 1 amide bonds. The molecule has 0 aliphatic carbocycles. The number of carbonyl (C=O) groups excluding carboxylic acids is 2. The van der Waals surface area contributed by atoms with E-state index in [9.17, 15) is 18.0 Å². The van der Waals surface area contributed by atoms with Crippen LogP contribution in [0.5, 0.6) is 0 Å². The van der Waals surface area contributed by atoms with Crippen molar-refractivity contribution in [1.29, 1.82) is 0 Å². The molecule has 7 heteroatoms. The molecule has 0 aromatic heterocycles. The number of benzene rings is 1. The molecule has 0 aliphatic rings. The molecule has 1 N–H and O–H groups in total. The van der Waals surface area contributed by atoms with Crippen molar-refractivity contribution in [2.45, 2.75) is 26.0 Å². The summed E-state index contributed by atoms with van der Waals surface area (Å²) >= 11 is 0. The standard InChI is InChI=1S/C16H23NO5S/c1-12(2)8-9-17-15(18)10-22-16(19)14-6-4-13(5-7-14)11-23(3,20)21/h4-7,12H,8-11H2,1-3H3,(H,17,18). The lowest BCUT2D eigenvalue weighted by atomic mass is 10.1. The van der Waals surface area contributed by atoms with E-state index >= 15 is 0 Å². The predicted octanol–water partition coefficient (Wildman–Crippen LogP) is 1.55. The van der Waals surface area contributed by atoms with Crippen LogP contribution in [0, 0.1) is 5.92 Å². The molecule has 6 nitrogen and oxygen atoms in total. The van der Waals surface area contributed by atoms with E-state index < -0.39 is 15.8 Å². The van der Waals surface area contributed by atoms with Crippen LogP contribution in [0.1, 0.15) is 36.2 Å². The molecule has 0 heterocycles. The first-order valence-corrected chi connectivity index (χ1v) is 9.44.